The largest absolute Gasteiger partial charge is 0.213 e. The van der Waals surface area contributed by atoms with E-state index in [0.29, 0.717) is 5.88 Å². The maximum Gasteiger partial charge on any atom is 0.163 e. The van der Waals surface area contributed by atoms with Gasteiger partial charge in [-0.2, -0.15) is 5.10 Å². The van der Waals surface area contributed by atoms with Crippen molar-refractivity contribution in [3.63, 3.8) is 0 Å². The van der Waals surface area contributed by atoms with Crippen LogP contribution in [0.3, 0.4) is 0 Å². The normalized spacial score (nSPS) is 10.9. The molecule has 0 unspecified atom stereocenters. The molecule has 0 spiro atoms. The van der Waals surface area contributed by atoms with Crippen molar-refractivity contribution in [1.82, 2.24) is 14.8 Å². The van der Waals surface area contributed by atoms with Gasteiger partial charge in [-0.25, -0.2) is 9.67 Å². The molecule has 0 N–H and O–H groups in total. The lowest BCUT2D eigenvalue weighted by Gasteiger charge is -2.07. The topological polar surface area (TPSA) is 30.7 Å². The van der Waals surface area contributed by atoms with Crippen molar-refractivity contribution in [2.24, 2.45) is 0 Å². The Hall–Kier alpha value is -1.78. The monoisotopic (exact) mass is 329 g/mol. The third kappa shape index (κ3) is 3.03. The smallest absolute Gasteiger partial charge is 0.163 e. The molecule has 112 valence electrons. The number of aromatic nitrogens is 3. The molecule has 2 aromatic carbocycles. The van der Waals surface area contributed by atoms with Gasteiger partial charge in [0.1, 0.15) is 5.82 Å². The van der Waals surface area contributed by atoms with E-state index in [1.165, 1.54) is 4.90 Å². The van der Waals surface area contributed by atoms with Gasteiger partial charge in [-0.15, -0.1) is 23.4 Å². The van der Waals surface area contributed by atoms with Crippen LogP contribution in [0.1, 0.15) is 11.4 Å². The number of aryl methyl sites for hydroxylation is 1. The Morgan fingerprint density at radius 1 is 1.14 bits per heavy atom. The maximum atomic E-state index is 5.93. The van der Waals surface area contributed by atoms with Crippen LogP contribution in [0.5, 0.6) is 0 Å². The number of thioether (sulfide) groups is 1. The molecule has 0 amide bonds. The fraction of sp³-hybridized carbons (Fsp3) is 0.176. The highest BCUT2D eigenvalue weighted by Gasteiger charge is 2.12. The van der Waals surface area contributed by atoms with Gasteiger partial charge >= 0.3 is 0 Å². The molecular weight excluding hydrogens is 314 g/mol. The van der Waals surface area contributed by atoms with Gasteiger partial charge in [-0.1, -0.05) is 24.3 Å². The second-order valence-corrected chi connectivity index (χ2v) is 6.07. The van der Waals surface area contributed by atoms with E-state index in [4.69, 9.17) is 11.6 Å². The highest BCUT2D eigenvalue weighted by Crippen LogP contribution is 2.24. The summed E-state index contributed by atoms with van der Waals surface area (Å²) < 4.78 is 1.87. The zero-order valence-electron chi connectivity index (χ0n) is 12.5. The van der Waals surface area contributed by atoms with Crippen LogP contribution in [-0.2, 0) is 5.88 Å². The molecule has 0 radical (unpaired) electrons. The summed E-state index contributed by atoms with van der Waals surface area (Å²) in [7, 11) is 0. The van der Waals surface area contributed by atoms with E-state index in [-0.39, 0.29) is 0 Å². The third-order valence-corrected chi connectivity index (χ3v) is 4.42. The maximum absolute atomic E-state index is 5.93. The molecule has 0 saturated heterocycles. The molecule has 3 nitrogen and oxygen atoms in total. The predicted octanol–water partition coefficient (Wildman–Crippen LogP) is 4.70. The standard InChI is InChI=1S/C17H16ClN3S/c1-12-19-17(14-6-8-16(22-2)9-7-14)21(20-12)15-5-3-4-13(10-15)11-18/h3-10H,11H2,1-2H3. The van der Waals surface area contributed by atoms with Crippen molar-refractivity contribution >= 4 is 23.4 Å². The molecule has 0 aliphatic rings. The van der Waals surface area contributed by atoms with Gasteiger partial charge in [-0.05, 0) is 43.0 Å². The van der Waals surface area contributed by atoms with Crippen molar-refractivity contribution in [2.75, 3.05) is 6.26 Å². The Kier molecular flexibility index (Phi) is 4.50. The van der Waals surface area contributed by atoms with Crippen LogP contribution >= 0.6 is 23.4 Å². The second-order valence-electron chi connectivity index (χ2n) is 4.93. The highest BCUT2D eigenvalue weighted by atomic mass is 35.5. The van der Waals surface area contributed by atoms with Crippen molar-refractivity contribution in [1.29, 1.82) is 0 Å². The van der Waals surface area contributed by atoms with Gasteiger partial charge in [0, 0.05) is 16.3 Å². The number of hydrogen-bond donors (Lipinski definition) is 0. The van der Waals surface area contributed by atoms with Gasteiger partial charge in [0.25, 0.3) is 0 Å². The van der Waals surface area contributed by atoms with E-state index in [9.17, 15) is 0 Å². The average molecular weight is 330 g/mol. The number of rotatable bonds is 4. The zero-order chi connectivity index (χ0) is 15.5. The molecule has 5 heteroatoms. The first-order valence-corrected chi connectivity index (χ1v) is 8.70. The van der Waals surface area contributed by atoms with E-state index < -0.39 is 0 Å². The fourth-order valence-corrected chi connectivity index (χ4v) is 2.87. The first-order chi connectivity index (χ1) is 10.7. The minimum absolute atomic E-state index is 0.485. The van der Waals surface area contributed by atoms with Crippen molar-refractivity contribution in [3.05, 3.63) is 59.9 Å². The molecule has 3 aromatic rings. The van der Waals surface area contributed by atoms with Crippen molar-refractivity contribution in [2.45, 2.75) is 17.7 Å². The number of benzene rings is 2. The van der Waals surface area contributed by atoms with Crippen LogP contribution in [0.2, 0.25) is 0 Å². The first-order valence-electron chi connectivity index (χ1n) is 6.94. The quantitative estimate of drug-likeness (QED) is 0.513. The Morgan fingerprint density at radius 3 is 2.59 bits per heavy atom. The Morgan fingerprint density at radius 2 is 1.91 bits per heavy atom. The SMILES string of the molecule is CSc1ccc(-c2nc(C)nn2-c2cccc(CCl)c2)cc1. The molecule has 22 heavy (non-hydrogen) atoms. The van der Waals surface area contributed by atoms with Gasteiger partial charge < -0.3 is 0 Å². The summed E-state index contributed by atoms with van der Waals surface area (Å²) in [6, 6.07) is 16.4. The van der Waals surface area contributed by atoms with Crippen molar-refractivity contribution < 1.29 is 0 Å². The number of alkyl halides is 1. The molecule has 0 saturated carbocycles. The Labute approximate surface area is 139 Å². The van der Waals surface area contributed by atoms with Crippen LogP contribution < -0.4 is 0 Å². The predicted molar refractivity (Wildman–Crippen MR) is 92.9 cm³/mol. The molecule has 0 fully saturated rings. The molecule has 0 aliphatic carbocycles. The highest BCUT2D eigenvalue weighted by molar-refractivity contribution is 7.98. The van der Waals surface area contributed by atoms with Crippen molar-refractivity contribution in [3.8, 4) is 17.1 Å². The first kappa shape index (κ1) is 15.1. The molecule has 0 bridgehead atoms. The van der Waals surface area contributed by atoms with E-state index in [0.717, 1.165) is 28.5 Å². The summed E-state index contributed by atoms with van der Waals surface area (Å²) in [5.41, 5.74) is 3.09. The number of nitrogens with zero attached hydrogens (tertiary/aromatic N) is 3. The molecule has 3 rings (SSSR count). The van der Waals surface area contributed by atoms with Gasteiger partial charge in [0.2, 0.25) is 0 Å². The summed E-state index contributed by atoms with van der Waals surface area (Å²) in [5.74, 6) is 2.08. The molecule has 0 atom stereocenters. The molecular formula is C17H16ClN3S. The van der Waals surface area contributed by atoms with Crippen LogP contribution in [0.25, 0.3) is 17.1 Å². The molecule has 1 heterocycles. The summed E-state index contributed by atoms with van der Waals surface area (Å²) in [6.07, 6.45) is 2.07. The second kappa shape index (κ2) is 6.55. The van der Waals surface area contributed by atoms with Gasteiger partial charge in [0.05, 0.1) is 5.69 Å². The minimum atomic E-state index is 0.485. The lowest BCUT2D eigenvalue weighted by molar-refractivity contribution is 0.867. The van der Waals surface area contributed by atoms with E-state index >= 15 is 0 Å². The lowest BCUT2D eigenvalue weighted by atomic mass is 10.2. The average Bonchev–Trinajstić information content (AvgIpc) is 2.97. The molecule has 1 aromatic heterocycles. The van der Waals surface area contributed by atoms with Gasteiger partial charge in [0.15, 0.2) is 5.82 Å². The van der Waals surface area contributed by atoms with E-state index in [2.05, 4.69) is 40.6 Å². The van der Waals surface area contributed by atoms with Crippen LogP contribution in [0.15, 0.2) is 53.4 Å². The summed E-state index contributed by atoms with van der Waals surface area (Å²) in [6.45, 7) is 1.90. The van der Waals surface area contributed by atoms with E-state index in [1.54, 1.807) is 11.8 Å². The minimum Gasteiger partial charge on any atom is -0.213 e. The summed E-state index contributed by atoms with van der Waals surface area (Å²) in [4.78, 5) is 5.81. The fourth-order valence-electron chi connectivity index (χ4n) is 2.29. The Bertz CT molecular complexity index is 781. The Balaban J connectivity index is 2.08. The van der Waals surface area contributed by atoms with Gasteiger partial charge in [-0.3, -0.25) is 0 Å². The summed E-state index contributed by atoms with van der Waals surface area (Å²) in [5, 5.41) is 4.53. The zero-order valence-corrected chi connectivity index (χ0v) is 14.0. The van der Waals surface area contributed by atoms with Crippen LogP contribution in [-0.4, -0.2) is 21.0 Å². The van der Waals surface area contributed by atoms with Crippen LogP contribution in [0, 0.1) is 6.92 Å². The molecule has 0 aliphatic heterocycles. The number of hydrogen-bond acceptors (Lipinski definition) is 3. The third-order valence-electron chi connectivity index (χ3n) is 3.37. The van der Waals surface area contributed by atoms with Crippen LogP contribution in [0.4, 0.5) is 0 Å². The lowest BCUT2D eigenvalue weighted by Crippen LogP contribution is -2.00. The van der Waals surface area contributed by atoms with E-state index in [1.807, 2.05) is 35.9 Å². The summed E-state index contributed by atoms with van der Waals surface area (Å²) >= 11 is 7.66. The number of halogens is 1.